The molecule has 0 fully saturated rings. The van der Waals surface area contributed by atoms with Crippen molar-refractivity contribution in [2.75, 3.05) is 4.90 Å². The summed E-state index contributed by atoms with van der Waals surface area (Å²) < 4.78 is 18.5. The summed E-state index contributed by atoms with van der Waals surface area (Å²) in [6.45, 7) is 0. The van der Waals surface area contributed by atoms with Crippen LogP contribution in [-0.2, 0) is 11.8 Å². The van der Waals surface area contributed by atoms with Gasteiger partial charge in [0.05, 0.1) is 16.7 Å². The van der Waals surface area contributed by atoms with Gasteiger partial charge >= 0.3 is 11.5 Å². The van der Waals surface area contributed by atoms with E-state index in [1.807, 2.05) is 6.07 Å². The van der Waals surface area contributed by atoms with E-state index >= 15 is 0 Å². The van der Waals surface area contributed by atoms with E-state index < -0.39 is 5.41 Å². The molecule has 4 heteroatoms. The lowest BCUT2D eigenvalue weighted by molar-refractivity contribution is 0.163. The Morgan fingerprint density at radius 3 is 1.97 bits per heavy atom. The van der Waals surface area contributed by atoms with Crippen LogP contribution in [0.1, 0.15) is 45.6 Å². The third-order valence-corrected chi connectivity index (χ3v) is 12.4. The van der Waals surface area contributed by atoms with E-state index in [9.17, 15) is 0 Å². The van der Waals surface area contributed by atoms with Crippen molar-refractivity contribution in [3.05, 3.63) is 233 Å². The number of furan rings is 1. The number of anilines is 3. The number of hydrogen-bond acceptors (Lipinski definition) is 3. The van der Waals surface area contributed by atoms with Crippen LogP contribution in [0.15, 0.2) is 199 Å². The Morgan fingerprint density at radius 2 is 1.19 bits per heavy atom. The first-order chi connectivity index (χ1) is 29.2. The first-order valence-electron chi connectivity index (χ1n) is 20.3. The van der Waals surface area contributed by atoms with Crippen LogP contribution in [0.3, 0.4) is 0 Å². The Bertz CT molecular complexity index is 3050. The number of aryl methyl sites for hydroxylation is 1. The number of aromatic hydroxyl groups is 2. The number of fused-ring (bicyclic) bond motifs is 9. The molecular formula is C55H38NO3+. The predicted molar refractivity (Wildman–Crippen MR) is 238 cm³/mol. The molecule has 4 nitrogen and oxygen atoms in total. The highest BCUT2D eigenvalue weighted by molar-refractivity contribution is 5.96. The molecule has 0 amide bonds. The Morgan fingerprint density at radius 1 is 0.525 bits per heavy atom. The predicted octanol–water partition coefficient (Wildman–Crippen LogP) is 14.5. The smallest absolute Gasteiger partial charge is 0.312 e. The third kappa shape index (κ3) is 5.16. The second kappa shape index (κ2) is 13.3. The summed E-state index contributed by atoms with van der Waals surface area (Å²) in [6.07, 6.45) is 4.15. The normalized spacial score (nSPS) is 14.1. The van der Waals surface area contributed by atoms with Crippen molar-refractivity contribution >= 4 is 39.7 Å². The van der Waals surface area contributed by atoms with Gasteiger partial charge in [-0.25, -0.2) is 0 Å². The molecule has 0 saturated heterocycles. The summed E-state index contributed by atoms with van der Waals surface area (Å²) in [5.74, 6) is 4.24. The minimum absolute atomic E-state index is 0.501. The lowest BCUT2D eigenvalue weighted by atomic mass is 9.68. The Hall–Kier alpha value is -7.56. The van der Waals surface area contributed by atoms with Crippen LogP contribution >= 0.6 is 0 Å². The van der Waals surface area contributed by atoms with Crippen LogP contribution in [0.2, 0.25) is 0 Å². The van der Waals surface area contributed by atoms with Gasteiger partial charge in [-0.1, -0.05) is 140 Å². The molecule has 0 saturated carbocycles. The van der Waals surface area contributed by atoms with Crippen LogP contribution in [0.5, 0.6) is 23.0 Å². The van der Waals surface area contributed by atoms with Crippen molar-refractivity contribution in [3.63, 3.8) is 0 Å². The number of allylic oxidation sites excluding steroid dienone is 1. The van der Waals surface area contributed by atoms with Gasteiger partial charge in [-0.2, -0.15) is 0 Å². The summed E-state index contributed by atoms with van der Waals surface area (Å²) in [5, 5.41) is 1.18. The summed E-state index contributed by atoms with van der Waals surface area (Å²) in [6, 6.07) is 69.0. The zero-order valence-corrected chi connectivity index (χ0v) is 32.2. The topological polar surface area (TPSA) is 38.4 Å². The minimum Gasteiger partial charge on any atom is -0.540 e. The van der Waals surface area contributed by atoms with Gasteiger partial charge in [-0.3, -0.25) is 0 Å². The summed E-state index contributed by atoms with van der Waals surface area (Å²) >= 11 is 0. The largest absolute Gasteiger partial charge is 0.540 e. The fourth-order valence-electron chi connectivity index (χ4n) is 9.77. The van der Waals surface area contributed by atoms with Crippen molar-refractivity contribution < 1.29 is 13.9 Å². The Kier molecular flexibility index (Phi) is 7.54. The van der Waals surface area contributed by atoms with Gasteiger partial charge < -0.3 is 18.8 Å². The number of para-hydroxylation sites is 2. The number of ether oxygens (including phenoxy) is 2. The second-order valence-electron chi connectivity index (χ2n) is 15.6. The molecule has 12 rings (SSSR count). The quantitative estimate of drug-likeness (QED) is 0.158. The van der Waals surface area contributed by atoms with Gasteiger partial charge in [0.15, 0.2) is 0 Å². The highest BCUT2D eigenvalue weighted by Gasteiger charge is 2.49. The average molecular weight is 761 g/mol. The summed E-state index contributed by atoms with van der Waals surface area (Å²) in [5.41, 5.74) is 14.5. The zero-order chi connectivity index (χ0) is 38.9. The third-order valence-electron chi connectivity index (χ3n) is 12.4. The lowest BCUT2D eigenvalue weighted by Gasteiger charge is -2.34. The fourth-order valence-corrected chi connectivity index (χ4v) is 9.77. The van der Waals surface area contributed by atoms with E-state index in [1.54, 1.807) is 0 Å². The minimum atomic E-state index is -0.501. The van der Waals surface area contributed by atoms with E-state index in [0.29, 0.717) is 0 Å². The number of hydrogen-bond donors (Lipinski definition) is 0. The van der Waals surface area contributed by atoms with Gasteiger partial charge in [0, 0.05) is 40.9 Å². The molecule has 9 aromatic rings. The first kappa shape index (κ1) is 33.6. The van der Waals surface area contributed by atoms with Gasteiger partial charge in [0.2, 0.25) is 11.5 Å². The molecule has 0 bridgehead atoms. The van der Waals surface area contributed by atoms with Gasteiger partial charge in [0.25, 0.3) is 0 Å². The molecule has 1 aliphatic heterocycles. The van der Waals surface area contributed by atoms with E-state index in [-0.39, 0.29) is 0 Å². The van der Waals surface area contributed by atoms with Crippen molar-refractivity contribution in [1.82, 2.24) is 0 Å². The van der Waals surface area contributed by atoms with Crippen molar-refractivity contribution in [2.24, 2.45) is 0 Å². The van der Waals surface area contributed by atoms with Crippen LogP contribution in [0.4, 0.5) is 17.1 Å². The number of rotatable bonds is 6. The summed E-state index contributed by atoms with van der Waals surface area (Å²) in [4.78, 5) is 2.28. The zero-order valence-electron chi connectivity index (χ0n) is 32.2. The van der Waals surface area contributed by atoms with Gasteiger partial charge in [-0.05, 0) is 93.9 Å². The average Bonchev–Trinajstić information content (AvgIpc) is 3.83. The standard InChI is InChI=1S/C55H37NO3/c1-4-14-38(15-5-1)55(39-16-6-2-7-17-39)46-22-12-10-21-44(46)53-47(55)30-33-51-54(53)59-50-32-29-42(35-52(50)58-51)56(40-18-8-3-9-19-40)41-27-24-36(25-28-41)37-26-31-49-45(34-37)43-20-11-13-23-48(43)57-49/h1-25,27-30,32-35H,26,31H2/p+1. The van der Waals surface area contributed by atoms with Crippen molar-refractivity contribution in [2.45, 2.75) is 18.3 Å². The van der Waals surface area contributed by atoms with Crippen LogP contribution in [-0.4, -0.2) is 4.74 Å². The molecule has 2 heterocycles. The van der Waals surface area contributed by atoms with E-state index in [1.165, 1.54) is 49.9 Å². The highest BCUT2D eigenvalue weighted by atomic mass is 16.6. The molecule has 1 aromatic heterocycles. The monoisotopic (exact) mass is 760 g/mol. The van der Waals surface area contributed by atoms with E-state index in [4.69, 9.17) is 13.9 Å². The molecule has 59 heavy (non-hydrogen) atoms. The summed E-state index contributed by atoms with van der Waals surface area (Å²) in [7, 11) is 0. The van der Waals surface area contributed by atoms with E-state index in [2.05, 4.69) is 199 Å². The molecule has 8 aromatic carbocycles. The lowest BCUT2D eigenvalue weighted by Crippen LogP contribution is -2.28. The van der Waals surface area contributed by atoms with Crippen LogP contribution < -0.4 is 9.64 Å². The van der Waals surface area contributed by atoms with Crippen LogP contribution in [0, 0.1) is 0 Å². The van der Waals surface area contributed by atoms with E-state index in [0.717, 1.165) is 69.8 Å². The SMILES string of the molecule is C1=C(c2ccc(N(c3ccccc3)c3ccc4c(c3)Oc3ccc5c(c3[OH+]4)-c3ccccc3C5(c3ccccc3)c3ccccc3)cc2)CCc2oc3ccccc3c21. The molecule has 0 radical (unpaired) electrons. The fraction of sp³-hybridized carbons (Fsp3) is 0.0545. The van der Waals surface area contributed by atoms with Crippen LogP contribution in [0.25, 0.3) is 33.7 Å². The molecule has 0 spiro atoms. The van der Waals surface area contributed by atoms with Gasteiger partial charge in [-0.15, -0.1) is 0 Å². The molecule has 1 N–H and O–H groups in total. The molecule has 0 atom stereocenters. The molecular weight excluding hydrogens is 723 g/mol. The maximum absolute atomic E-state index is 6.88. The number of nitrogens with zero attached hydrogens (tertiary/aromatic N) is 1. The molecule has 3 aliphatic rings. The van der Waals surface area contributed by atoms with Crippen molar-refractivity contribution in [3.8, 4) is 34.1 Å². The first-order valence-corrected chi connectivity index (χ1v) is 20.3. The maximum Gasteiger partial charge on any atom is 0.312 e. The number of benzene rings is 8. The Balaban J connectivity index is 0.926. The molecule has 0 unspecified atom stereocenters. The second-order valence-corrected chi connectivity index (χ2v) is 15.6. The Labute approximate surface area is 342 Å². The molecule has 280 valence electrons. The highest BCUT2D eigenvalue weighted by Crippen LogP contribution is 2.62. The molecule has 2 aliphatic carbocycles. The maximum atomic E-state index is 6.88. The van der Waals surface area contributed by atoms with Gasteiger partial charge in [0.1, 0.15) is 11.3 Å². The van der Waals surface area contributed by atoms with Crippen molar-refractivity contribution in [1.29, 1.82) is 0 Å².